The van der Waals surface area contributed by atoms with Crippen LogP contribution in [0.5, 0.6) is 17.2 Å². The number of anilines is 1. The molecule has 1 amide bonds. The highest BCUT2D eigenvalue weighted by atomic mass is 79.9. The quantitative estimate of drug-likeness (QED) is 0.745. The smallest absolute Gasteiger partial charge is 0.252 e. The van der Waals surface area contributed by atoms with E-state index in [-0.39, 0.29) is 5.56 Å². The van der Waals surface area contributed by atoms with E-state index in [4.69, 9.17) is 20.9 Å². The number of carbonyl (C=O) groups excluding carboxylic acids is 1. The van der Waals surface area contributed by atoms with Gasteiger partial charge in [0.25, 0.3) is 5.91 Å². The molecule has 0 unspecified atom stereocenters. The van der Waals surface area contributed by atoms with Crippen molar-refractivity contribution in [3.63, 3.8) is 0 Å². The van der Waals surface area contributed by atoms with Crippen LogP contribution < -0.4 is 20.9 Å². The lowest BCUT2D eigenvalue weighted by Gasteiger charge is -2.13. The molecular weight excluding hydrogens is 404 g/mol. The van der Waals surface area contributed by atoms with Gasteiger partial charge >= 0.3 is 0 Å². The number of methoxy groups -OCH3 is 1. The summed E-state index contributed by atoms with van der Waals surface area (Å²) >= 11 is 6.76. The topological polar surface area (TPSA) is 87.6 Å². The fraction of sp³-hybridized carbons (Fsp3) is 0.0714. The number of rotatable bonds is 4. The largest absolute Gasteiger partial charge is 0.496 e. The van der Waals surface area contributed by atoms with Gasteiger partial charge in [0, 0.05) is 11.8 Å². The molecule has 0 radical (unpaired) electrons. The first-order chi connectivity index (χ1) is 9.92. The van der Waals surface area contributed by atoms with E-state index >= 15 is 0 Å². The van der Waals surface area contributed by atoms with E-state index in [1.54, 1.807) is 31.4 Å². The molecule has 4 N–H and O–H groups in total. The third-order valence-electron chi connectivity index (χ3n) is 2.70. The highest BCUT2D eigenvalue weighted by Gasteiger charge is 2.14. The van der Waals surface area contributed by atoms with Crippen molar-refractivity contribution < 1.29 is 14.3 Å². The molecule has 0 saturated heterocycles. The number of amides is 1. The molecule has 0 atom stereocenters. The molecule has 0 aromatic heterocycles. The molecule has 0 fully saturated rings. The van der Waals surface area contributed by atoms with Crippen LogP contribution in [0.1, 0.15) is 10.4 Å². The molecule has 0 saturated carbocycles. The minimum absolute atomic E-state index is 0.253. The van der Waals surface area contributed by atoms with Gasteiger partial charge in [0.05, 0.1) is 21.6 Å². The second-order valence-corrected chi connectivity index (χ2v) is 5.85. The third kappa shape index (κ3) is 3.48. The van der Waals surface area contributed by atoms with Crippen LogP contribution in [0.4, 0.5) is 5.69 Å². The van der Waals surface area contributed by atoms with Crippen molar-refractivity contribution >= 4 is 43.5 Å². The number of hydrogen-bond acceptors (Lipinski definition) is 4. The molecule has 2 aromatic rings. The van der Waals surface area contributed by atoms with E-state index in [2.05, 4.69) is 31.9 Å². The van der Waals surface area contributed by atoms with E-state index in [1.165, 1.54) is 6.07 Å². The van der Waals surface area contributed by atoms with Gasteiger partial charge in [-0.05, 0) is 56.1 Å². The van der Waals surface area contributed by atoms with E-state index in [1.807, 2.05) is 0 Å². The van der Waals surface area contributed by atoms with Crippen LogP contribution >= 0.6 is 31.9 Å². The lowest BCUT2D eigenvalue weighted by Crippen LogP contribution is -2.12. The Morgan fingerprint density at radius 1 is 1.05 bits per heavy atom. The van der Waals surface area contributed by atoms with Gasteiger partial charge < -0.3 is 20.9 Å². The van der Waals surface area contributed by atoms with Crippen LogP contribution in [0.2, 0.25) is 0 Å². The molecule has 0 aliphatic carbocycles. The zero-order valence-electron chi connectivity index (χ0n) is 11.0. The minimum Gasteiger partial charge on any atom is -0.496 e. The highest BCUT2D eigenvalue weighted by molar-refractivity contribution is 9.11. The number of nitrogens with two attached hydrogens (primary N) is 2. The first-order valence-electron chi connectivity index (χ1n) is 5.82. The number of benzene rings is 2. The number of carbonyl (C=O) groups is 1. The van der Waals surface area contributed by atoms with Gasteiger partial charge in [-0.1, -0.05) is 0 Å². The van der Waals surface area contributed by atoms with Crippen LogP contribution in [0, 0.1) is 0 Å². The first kappa shape index (κ1) is 15.7. The summed E-state index contributed by atoms with van der Waals surface area (Å²) in [4.78, 5) is 11.4. The number of halogens is 2. The Kier molecular flexibility index (Phi) is 4.74. The zero-order chi connectivity index (χ0) is 15.6. The molecule has 0 aliphatic heterocycles. The molecule has 0 aliphatic rings. The van der Waals surface area contributed by atoms with Crippen LogP contribution in [0.25, 0.3) is 0 Å². The Hall–Kier alpha value is -1.73. The summed E-state index contributed by atoms with van der Waals surface area (Å²) in [6.07, 6.45) is 0. The standard InChI is InChI=1S/C14H12Br2N2O3/c1-20-12-5-10(16)13(6-9(12)15)21-11-4-7(17)2-3-8(11)14(18)19/h2-6H,17H2,1H3,(H2,18,19). The molecule has 110 valence electrons. The van der Waals surface area contributed by atoms with Gasteiger partial charge in [0.15, 0.2) is 0 Å². The van der Waals surface area contributed by atoms with Crippen molar-refractivity contribution in [2.24, 2.45) is 5.73 Å². The summed E-state index contributed by atoms with van der Waals surface area (Å²) < 4.78 is 12.3. The molecule has 0 heterocycles. The van der Waals surface area contributed by atoms with E-state index in [9.17, 15) is 4.79 Å². The van der Waals surface area contributed by atoms with E-state index in [0.717, 1.165) is 0 Å². The van der Waals surface area contributed by atoms with Gasteiger partial charge in [-0.3, -0.25) is 4.79 Å². The summed E-state index contributed by atoms with van der Waals surface area (Å²) in [6, 6.07) is 8.13. The Labute approximate surface area is 138 Å². The van der Waals surface area contributed by atoms with Crippen LogP contribution in [0.15, 0.2) is 39.3 Å². The van der Waals surface area contributed by atoms with E-state index in [0.29, 0.717) is 31.9 Å². The molecule has 21 heavy (non-hydrogen) atoms. The van der Waals surface area contributed by atoms with Crippen molar-refractivity contribution in [3.05, 3.63) is 44.8 Å². The summed E-state index contributed by atoms with van der Waals surface area (Å²) in [7, 11) is 1.57. The van der Waals surface area contributed by atoms with Crippen LogP contribution in [-0.2, 0) is 0 Å². The summed E-state index contributed by atoms with van der Waals surface area (Å²) in [6.45, 7) is 0. The minimum atomic E-state index is -0.589. The third-order valence-corrected chi connectivity index (χ3v) is 3.94. The first-order valence-corrected chi connectivity index (χ1v) is 7.41. The second-order valence-electron chi connectivity index (χ2n) is 4.14. The van der Waals surface area contributed by atoms with Crippen LogP contribution in [0.3, 0.4) is 0 Å². The Bertz CT molecular complexity index is 705. The molecule has 0 bridgehead atoms. The number of ether oxygens (including phenoxy) is 2. The van der Waals surface area contributed by atoms with Crippen LogP contribution in [-0.4, -0.2) is 13.0 Å². The number of primary amides is 1. The van der Waals surface area contributed by atoms with Gasteiger partial charge in [-0.15, -0.1) is 0 Å². The molecule has 2 rings (SSSR count). The maximum absolute atomic E-state index is 11.4. The maximum Gasteiger partial charge on any atom is 0.252 e. The monoisotopic (exact) mass is 414 g/mol. The fourth-order valence-corrected chi connectivity index (χ4v) is 2.58. The van der Waals surface area contributed by atoms with Gasteiger partial charge in [-0.25, -0.2) is 0 Å². The normalized spacial score (nSPS) is 10.2. The van der Waals surface area contributed by atoms with Crippen molar-refractivity contribution in [3.8, 4) is 17.2 Å². The van der Waals surface area contributed by atoms with Gasteiger partial charge in [-0.2, -0.15) is 0 Å². The van der Waals surface area contributed by atoms with E-state index < -0.39 is 5.91 Å². The Balaban J connectivity index is 2.45. The average Bonchev–Trinajstić information content (AvgIpc) is 2.42. The number of nitrogen functional groups attached to an aromatic ring is 1. The summed E-state index contributed by atoms with van der Waals surface area (Å²) in [5.74, 6) is 0.849. The van der Waals surface area contributed by atoms with Gasteiger partial charge in [0.2, 0.25) is 0 Å². The van der Waals surface area contributed by atoms with Gasteiger partial charge in [0.1, 0.15) is 17.2 Å². The maximum atomic E-state index is 11.4. The van der Waals surface area contributed by atoms with Crippen molar-refractivity contribution in [2.75, 3.05) is 12.8 Å². The molecule has 0 spiro atoms. The average molecular weight is 416 g/mol. The SMILES string of the molecule is COc1cc(Br)c(Oc2cc(N)ccc2C(N)=O)cc1Br. The summed E-state index contributed by atoms with van der Waals surface area (Å²) in [5, 5.41) is 0. The lowest BCUT2D eigenvalue weighted by molar-refractivity contribution is 0.0998. The molecule has 7 heteroatoms. The van der Waals surface area contributed by atoms with Crippen molar-refractivity contribution in [2.45, 2.75) is 0 Å². The predicted octanol–water partition coefficient (Wildman–Crippen LogP) is 3.69. The second kappa shape index (κ2) is 6.36. The Morgan fingerprint density at radius 3 is 2.29 bits per heavy atom. The van der Waals surface area contributed by atoms with Crippen molar-refractivity contribution in [1.29, 1.82) is 0 Å². The molecule has 2 aromatic carbocycles. The Morgan fingerprint density at radius 2 is 1.67 bits per heavy atom. The fourth-order valence-electron chi connectivity index (χ4n) is 1.69. The summed E-state index contributed by atoms with van der Waals surface area (Å²) in [5.41, 5.74) is 11.8. The zero-order valence-corrected chi connectivity index (χ0v) is 14.2. The molecule has 5 nitrogen and oxygen atoms in total. The highest BCUT2D eigenvalue weighted by Crippen LogP contribution is 2.39. The van der Waals surface area contributed by atoms with Crippen molar-refractivity contribution in [1.82, 2.24) is 0 Å². The number of hydrogen-bond donors (Lipinski definition) is 2. The lowest BCUT2D eigenvalue weighted by atomic mass is 10.1. The predicted molar refractivity (Wildman–Crippen MR) is 87.8 cm³/mol. The molecular formula is C14H12Br2N2O3.